The zero-order chi connectivity index (χ0) is 17.3. The van der Waals surface area contributed by atoms with E-state index in [1.54, 1.807) is 24.3 Å². The van der Waals surface area contributed by atoms with Crippen molar-refractivity contribution >= 4 is 34.2 Å². The first-order valence-electron chi connectivity index (χ1n) is 6.78. The number of amidine groups is 1. The summed E-state index contributed by atoms with van der Waals surface area (Å²) in [5.74, 6) is 0.284. The van der Waals surface area contributed by atoms with E-state index >= 15 is 0 Å². The van der Waals surface area contributed by atoms with Crippen LogP contribution in [-0.4, -0.2) is 15.8 Å². The first-order valence-corrected chi connectivity index (χ1v) is 7.16. The van der Waals surface area contributed by atoms with Gasteiger partial charge in [0, 0.05) is 10.9 Å². The molecule has 0 atom stereocenters. The van der Waals surface area contributed by atoms with E-state index in [0.717, 1.165) is 12.1 Å². The number of fused-ring (bicyclic) bond motifs is 1. The second-order valence-electron chi connectivity index (χ2n) is 4.91. The fourth-order valence-corrected chi connectivity index (χ4v) is 2.30. The highest BCUT2D eigenvalue weighted by Crippen LogP contribution is 2.29. The van der Waals surface area contributed by atoms with Gasteiger partial charge in [0.2, 0.25) is 5.28 Å². The molecule has 1 aromatic heterocycles. The fraction of sp³-hybridized carbons (Fsp3) is 0.0625. The van der Waals surface area contributed by atoms with Crippen LogP contribution >= 0.6 is 11.6 Å². The van der Waals surface area contributed by atoms with Gasteiger partial charge in [0.1, 0.15) is 5.84 Å². The standard InChI is InChI=1S/C16H10ClF3N4/c17-15-22-12-4-2-1-3-11(12)14(24-15)23-13(21)9-5-7-10(8-6-9)16(18,19)20/h1-8H,(H2,21,22,23,24). The van der Waals surface area contributed by atoms with Gasteiger partial charge in [-0.05, 0) is 35.9 Å². The normalized spacial score (nSPS) is 12.6. The summed E-state index contributed by atoms with van der Waals surface area (Å²) in [5.41, 5.74) is 6.08. The van der Waals surface area contributed by atoms with Crippen molar-refractivity contribution in [2.75, 3.05) is 0 Å². The summed E-state index contributed by atoms with van der Waals surface area (Å²) < 4.78 is 37.8. The molecule has 0 aliphatic rings. The number of nitrogens with two attached hydrogens (primary N) is 1. The summed E-state index contributed by atoms with van der Waals surface area (Å²) in [4.78, 5) is 12.3. The van der Waals surface area contributed by atoms with Gasteiger partial charge >= 0.3 is 6.18 Å². The number of hydrogen-bond donors (Lipinski definition) is 1. The van der Waals surface area contributed by atoms with Gasteiger partial charge in [0.25, 0.3) is 0 Å². The highest BCUT2D eigenvalue weighted by atomic mass is 35.5. The Morgan fingerprint density at radius 1 is 1.00 bits per heavy atom. The van der Waals surface area contributed by atoms with Crippen molar-refractivity contribution < 1.29 is 13.2 Å². The van der Waals surface area contributed by atoms with Gasteiger partial charge in [0.05, 0.1) is 11.1 Å². The average Bonchev–Trinajstić information content (AvgIpc) is 2.54. The van der Waals surface area contributed by atoms with Gasteiger partial charge in [-0.2, -0.15) is 18.2 Å². The predicted octanol–water partition coefficient (Wildman–Crippen LogP) is 4.34. The molecule has 122 valence electrons. The molecule has 0 radical (unpaired) electrons. The molecule has 2 N–H and O–H groups in total. The number of hydrogen-bond acceptors (Lipinski definition) is 3. The largest absolute Gasteiger partial charge is 0.416 e. The number of alkyl halides is 3. The van der Waals surface area contributed by atoms with Crippen LogP contribution in [0.5, 0.6) is 0 Å². The van der Waals surface area contributed by atoms with Crippen molar-refractivity contribution in [3.8, 4) is 0 Å². The van der Waals surface area contributed by atoms with Crippen LogP contribution in [0, 0.1) is 0 Å². The number of benzene rings is 2. The molecule has 24 heavy (non-hydrogen) atoms. The summed E-state index contributed by atoms with van der Waals surface area (Å²) in [6, 6.07) is 11.5. The third kappa shape index (κ3) is 3.30. The van der Waals surface area contributed by atoms with Crippen LogP contribution in [0.15, 0.2) is 53.5 Å². The number of aromatic nitrogens is 2. The molecule has 4 nitrogen and oxygen atoms in total. The number of aliphatic imine (C=N–C) groups is 1. The van der Waals surface area contributed by atoms with Crippen molar-refractivity contribution in [3.63, 3.8) is 0 Å². The lowest BCUT2D eigenvalue weighted by Crippen LogP contribution is -2.14. The molecule has 0 spiro atoms. The molecule has 0 amide bonds. The lowest BCUT2D eigenvalue weighted by atomic mass is 10.1. The maximum absolute atomic E-state index is 12.6. The summed E-state index contributed by atoms with van der Waals surface area (Å²) in [6.07, 6.45) is -4.40. The van der Waals surface area contributed by atoms with Crippen molar-refractivity contribution in [1.82, 2.24) is 9.97 Å². The molecule has 0 saturated heterocycles. The Hall–Kier alpha value is -2.67. The van der Waals surface area contributed by atoms with Crippen molar-refractivity contribution in [2.24, 2.45) is 10.7 Å². The molecular formula is C16H10ClF3N4. The van der Waals surface area contributed by atoms with E-state index in [-0.39, 0.29) is 16.9 Å². The van der Waals surface area contributed by atoms with Crippen LogP contribution in [-0.2, 0) is 6.18 Å². The molecule has 2 aromatic carbocycles. The topological polar surface area (TPSA) is 64.2 Å². The van der Waals surface area contributed by atoms with E-state index in [1.165, 1.54) is 12.1 Å². The minimum absolute atomic E-state index is 0.00710. The molecule has 0 unspecified atom stereocenters. The average molecular weight is 351 g/mol. The zero-order valence-electron chi connectivity index (χ0n) is 12.0. The minimum atomic E-state index is -4.40. The molecule has 0 bridgehead atoms. The Morgan fingerprint density at radius 2 is 1.67 bits per heavy atom. The van der Waals surface area contributed by atoms with Gasteiger partial charge in [0.15, 0.2) is 5.82 Å². The van der Waals surface area contributed by atoms with Crippen molar-refractivity contribution in [3.05, 3.63) is 64.9 Å². The predicted molar refractivity (Wildman–Crippen MR) is 86.4 cm³/mol. The van der Waals surface area contributed by atoms with Gasteiger partial charge < -0.3 is 5.73 Å². The van der Waals surface area contributed by atoms with Crippen LogP contribution in [0.1, 0.15) is 11.1 Å². The maximum atomic E-state index is 12.6. The SMILES string of the molecule is NC(=Nc1nc(Cl)nc2ccccc12)c1ccc(C(F)(F)F)cc1. The number of para-hydroxylation sites is 1. The van der Waals surface area contributed by atoms with E-state index in [4.69, 9.17) is 17.3 Å². The number of nitrogens with zero attached hydrogens (tertiary/aromatic N) is 3. The van der Waals surface area contributed by atoms with Crippen molar-refractivity contribution in [2.45, 2.75) is 6.18 Å². The summed E-state index contributed by atoms with van der Waals surface area (Å²) in [7, 11) is 0. The summed E-state index contributed by atoms with van der Waals surface area (Å²) in [5, 5.41) is 0.643. The maximum Gasteiger partial charge on any atom is 0.416 e. The van der Waals surface area contributed by atoms with E-state index in [0.29, 0.717) is 16.5 Å². The molecule has 0 fully saturated rings. The van der Waals surface area contributed by atoms with Crippen LogP contribution in [0.2, 0.25) is 5.28 Å². The Bertz CT molecular complexity index is 921. The van der Waals surface area contributed by atoms with Gasteiger partial charge in [-0.15, -0.1) is 0 Å². The molecular weight excluding hydrogens is 341 g/mol. The molecule has 0 aliphatic carbocycles. The molecule has 0 aliphatic heterocycles. The summed E-state index contributed by atoms with van der Waals surface area (Å²) in [6.45, 7) is 0. The third-order valence-corrected chi connectivity index (χ3v) is 3.46. The minimum Gasteiger partial charge on any atom is -0.383 e. The molecule has 3 aromatic rings. The van der Waals surface area contributed by atoms with Gasteiger partial charge in [-0.25, -0.2) is 9.98 Å². The lowest BCUT2D eigenvalue weighted by molar-refractivity contribution is -0.137. The second kappa shape index (κ2) is 6.09. The van der Waals surface area contributed by atoms with Crippen LogP contribution in [0.3, 0.4) is 0 Å². The third-order valence-electron chi connectivity index (χ3n) is 3.29. The lowest BCUT2D eigenvalue weighted by Gasteiger charge is -2.08. The quantitative estimate of drug-likeness (QED) is 0.425. The van der Waals surface area contributed by atoms with Crippen LogP contribution in [0.25, 0.3) is 10.9 Å². The zero-order valence-corrected chi connectivity index (χ0v) is 12.8. The number of halogens is 4. The second-order valence-corrected chi connectivity index (χ2v) is 5.24. The summed E-state index contributed by atoms with van der Waals surface area (Å²) >= 11 is 5.87. The van der Waals surface area contributed by atoms with Crippen LogP contribution < -0.4 is 5.73 Å². The highest BCUT2D eigenvalue weighted by Gasteiger charge is 2.30. The van der Waals surface area contributed by atoms with Crippen molar-refractivity contribution in [1.29, 1.82) is 0 Å². The molecule has 8 heteroatoms. The monoisotopic (exact) mass is 350 g/mol. The molecule has 3 rings (SSSR count). The Kier molecular flexibility index (Phi) is 4.11. The Labute approximate surface area is 139 Å². The van der Waals surface area contributed by atoms with E-state index < -0.39 is 11.7 Å². The fourth-order valence-electron chi connectivity index (χ4n) is 2.13. The molecule has 1 heterocycles. The first-order chi connectivity index (χ1) is 11.3. The van der Waals surface area contributed by atoms with E-state index in [9.17, 15) is 13.2 Å². The molecule has 0 saturated carbocycles. The highest BCUT2D eigenvalue weighted by molar-refractivity contribution is 6.28. The first kappa shape index (κ1) is 16.2. The van der Waals surface area contributed by atoms with Gasteiger partial charge in [-0.3, -0.25) is 0 Å². The van der Waals surface area contributed by atoms with E-state index in [1.807, 2.05) is 0 Å². The Balaban J connectivity index is 2.02. The smallest absolute Gasteiger partial charge is 0.383 e. The number of rotatable bonds is 2. The Morgan fingerprint density at radius 3 is 2.33 bits per heavy atom. The van der Waals surface area contributed by atoms with Gasteiger partial charge in [-0.1, -0.05) is 24.3 Å². The van der Waals surface area contributed by atoms with Crippen LogP contribution in [0.4, 0.5) is 19.0 Å². The van der Waals surface area contributed by atoms with E-state index in [2.05, 4.69) is 15.0 Å².